The molecule has 2 aromatic heterocycles. The fourth-order valence-electron chi connectivity index (χ4n) is 5.80. The predicted octanol–water partition coefficient (Wildman–Crippen LogP) is 4.46. The number of likely N-dealkylation sites (tertiary alicyclic amines) is 1. The number of hydrogen-bond donors (Lipinski definition) is 2. The second-order valence-electron chi connectivity index (χ2n) is 10.4. The zero-order valence-corrected chi connectivity index (χ0v) is 22.2. The first-order valence-corrected chi connectivity index (χ1v) is 13.5. The van der Waals surface area contributed by atoms with Crippen molar-refractivity contribution in [3.05, 3.63) is 87.3 Å². The molecule has 6 rings (SSSR count). The molecule has 1 atom stereocenters. The van der Waals surface area contributed by atoms with Crippen LogP contribution in [0.2, 0.25) is 0 Å². The van der Waals surface area contributed by atoms with Gasteiger partial charge in [0.15, 0.2) is 5.65 Å². The maximum absolute atomic E-state index is 13.3. The number of rotatable bonds is 6. The monoisotopic (exact) mass is 524 g/mol. The summed E-state index contributed by atoms with van der Waals surface area (Å²) in [5.41, 5.74) is 7.78. The highest BCUT2D eigenvalue weighted by atomic mass is 16.6. The number of piperidine rings is 1. The van der Waals surface area contributed by atoms with Crippen molar-refractivity contribution in [1.82, 2.24) is 24.9 Å². The average Bonchev–Trinajstić information content (AvgIpc) is 3.42. The highest BCUT2D eigenvalue weighted by Gasteiger charge is 2.21. The molecule has 4 aromatic rings. The van der Waals surface area contributed by atoms with Gasteiger partial charge in [0, 0.05) is 29.8 Å². The van der Waals surface area contributed by atoms with E-state index in [1.165, 1.54) is 55.5 Å². The summed E-state index contributed by atoms with van der Waals surface area (Å²) >= 11 is 0. The smallest absolute Gasteiger partial charge is 0.280 e. The minimum absolute atomic E-state index is 0.0440. The lowest BCUT2D eigenvalue weighted by atomic mass is 9.96. The number of fused-ring (bicyclic) bond motifs is 2. The Hall–Kier alpha value is -4.08. The number of benzene rings is 2. The van der Waals surface area contributed by atoms with E-state index in [1.807, 2.05) is 18.2 Å². The summed E-state index contributed by atoms with van der Waals surface area (Å²) in [6.45, 7) is 1.12. The highest BCUT2D eigenvalue weighted by molar-refractivity contribution is 5.96. The van der Waals surface area contributed by atoms with E-state index < -0.39 is 11.3 Å². The largest absolute Gasteiger partial charge is 0.324 e. The van der Waals surface area contributed by atoms with Crippen LogP contribution in [0.5, 0.6) is 0 Å². The van der Waals surface area contributed by atoms with Crippen molar-refractivity contribution in [2.24, 2.45) is 0 Å². The first-order valence-electron chi connectivity index (χ1n) is 13.5. The van der Waals surface area contributed by atoms with Gasteiger partial charge in [-0.15, -0.1) is 0 Å². The van der Waals surface area contributed by atoms with Gasteiger partial charge in [-0.25, -0.2) is 10.5 Å². The standard InChI is InChI=1S/C30H32N6O3/c1-35-15-4-3-8-26(35)20-9-12-22(13-10-20)32-30-31-17-24-27(37)25(29(38)34-39-2)18-36(28(24)33-30)23-14-11-19-6-5-7-21(19)16-23/h9-14,16-18,26H,3-8,15H2,1-2H3,(H,34,38)(H,31,32,33). The van der Waals surface area contributed by atoms with Crippen LogP contribution in [0.1, 0.15) is 58.8 Å². The van der Waals surface area contributed by atoms with Crippen LogP contribution in [0.15, 0.2) is 59.7 Å². The SMILES string of the molecule is CONC(=O)c1cn(-c2ccc3c(c2)CCC3)c2nc(Nc3ccc(C4CCCCN4C)cc3)ncc2c1=O. The summed E-state index contributed by atoms with van der Waals surface area (Å²) in [5, 5.41) is 3.53. The number of carbonyl (C=O) groups is 1. The van der Waals surface area contributed by atoms with Crippen LogP contribution < -0.4 is 16.2 Å². The lowest BCUT2D eigenvalue weighted by Gasteiger charge is -2.32. The molecular formula is C30H32N6O3. The summed E-state index contributed by atoms with van der Waals surface area (Å²) in [6, 6.07) is 15.0. The van der Waals surface area contributed by atoms with Gasteiger partial charge in [0.05, 0.1) is 12.5 Å². The quantitative estimate of drug-likeness (QED) is 0.359. The molecule has 1 aliphatic heterocycles. The second kappa shape index (κ2) is 10.6. The predicted molar refractivity (Wildman–Crippen MR) is 151 cm³/mol. The summed E-state index contributed by atoms with van der Waals surface area (Å²) in [6.07, 6.45) is 9.87. The molecule has 3 heterocycles. The van der Waals surface area contributed by atoms with Crippen molar-refractivity contribution in [1.29, 1.82) is 0 Å². The first kappa shape index (κ1) is 25.2. The summed E-state index contributed by atoms with van der Waals surface area (Å²) in [7, 11) is 3.52. The Balaban J connectivity index is 1.38. The maximum atomic E-state index is 13.3. The van der Waals surface area contributed by atoms with E-state index in [0.29, 0.717) is 17.6 Å². The normalized spacial score (nSPS) is 17.2. The summed E-state index contributed by atoms with van der Waals surface area (Å²) in [4.78, 5) is 42.3. The molecule has 2 N–H and O–H groups in total. The molecule has 0 spiro atoms. The molecule has 0 radical (unpaired) electrons. The van der Waals surface area contributed by atoms with E-state index >= 15 is 0 Å². The number of hydroxylamine groups is 1. The Morgan fingerprint density at radius 2 is 1.87 bits per heavy atom. The van der Waals surface area contributed by atoms with Crippen LogP contribution in [0.3, 0.4) is 0 Å². The lowest BCUT2D eigenvalue weighted by molar-refractivity contribution is 0.0536. The van der Waals surface area contributed by atoms with E-state index in [0.717, 1.165) is 37.2 Å². The molecule has 39 heavy (non-hydrogen) atoms. The third-order valence-electron chi connectivity index (χ3n) is 7.87. The lowest BCUT2D eigenvalue weighted by Crippen LogP contribution is -2.29. The molecule has 0 saturated carbocycles. The number of aromatic nitrogens is 3. The third kappa shape index (κ3) is 4.91. The van der Waals surface area contributed by atoms with Gasteiger partial charge in [0.25, 0.3) is 5.91 Å². The van der Waals surface area contributed by atoms with Crippen molar-refractivity contribution in [2.45, 2.75) is 44.6 Å². The van der Waals surface area contributed by atoms with Crippen LogP contribution in [0.25, 0.3) is 16.7 Å². The molecule has 2 aromatic carbocycles. The molecule has 9 heteroatoms. The van der Waals surface area contributed by atoms with Crippen LogP contribution in [0.4, 0.5) is 11.6 Å². The highest BCUT2D eigenvalue weighted by Crippen LogP contribution is 2.31. The van der Waals surface area contributed by atoms with Gasteiger partial charge in [0.2, 0.25) is 11.4 Å². The molecule has 1 fully saturated rings. The number of amides is 1. The molecule has 0 bridgehead atoms. The number of nitrogens with zero attached hydrogens (tertiary/aromatic N) is 4. The fourth-order valence-corrected chi connectivity index (χ4v) is 5.80. The average molecular weight is 525 g/mol. The molecular weight excluding hydrogens is 492 g/mol. The van der Waals surface area contributed by atoms with Gasteiger partial charge >= 0.3 is 0 Å². The summed E-state index contributed by atoms with van der Waals surface area (Å²) < 4.78 is 1.79. The Bertz CT molecular complexity index is 1600. The van der Waals surface area contributed by atoms with E-state index in [1.54, 1.807) is 4.57 Å². The van der Waals surface area contributed by atoms with E-state index in [2.05, 4.69) is 52.0 Å². The molecule has 1 aliphatic carbocycles. The summed E-state index contributed by atoms with van der Waals surface area (Å²) in [5.74, 6) is -0.251. The number of pyridine rings is 1. The Kier molecular flexibility index (Phi) is 6.85. The number of carbonyl (C=O) groups excluding carboxylic acids is 1. The third-order valence-corrected chi connectivity index (χ3v) is 7.87. The van der Waals surface area contributed by atoms with Crippen LogP contribution in [0, 0.1) is 0 Å². The molecule has 1 amide bonds. The van der Waals surface area contributed by atoms with Crippen molar-refractivity contribution in [2.75, 3.05) is 26.0 Å². The van der Waals surface area contributed by atoms with Crippen LogP contribution in [-0.2, 0) is 17.7 Å². The zero-order valence-electron chi connectivity index (χ0n) is 22.2. The number of hydrogen-bond acceptors (Lipinski definition) is 7. The zero-order chi connectivity index (χ0) is 26.9. The number of aryl methyl sites for hydroxylation is 2. The van der Waals surface area contributed by atoms with Crippen LogP contribution in [-0.4, -0.2) is 46.0 Å². The van der Waals surface area contributed by atoms with E-state index in [9.17, 15) is 9.59 Å². The molecule has 1 saturated heterocycles. The van der Waals surface area contributed by atoms with Crippen molar-refractivity contribution in [3.63, 3.8) is 0 Å². The van der Waals surface area contributed by atoms with Gasteiger partial charge in [-0.05, 0) is 86.7 Å². The molecule has 2 aliphatic rings. The van der Waals surface area contributed by atoms with Gasteiger partial charge in [0.1, 0.15) is 5.56 Å². The number of nitrogens with one attached hydrogen (secondary N) is 2. The number of anilines is 2. The van der Waals surface area contributed by atoms with Gasteiger partial charge in [-0.1, -0.05) is 24.6 Å². The Morgan fingerprint density at radius 1 is 1.05 bits per heavy atom. The van der Waals surface area contributed by atoms with Gasteiger partial charge in [-0.2, -0.15) is 4.98 Å². The molecule has 9 nitrogen and oxygen atoms in total. The Morgan fingerprint density at radius 3 is 2.67 bits per heavy atom. The van der Waals surface area contributed by atoms with E-state index in [-0.39, 0.29) is 10.9 Å². The molecule has 200 valence electrons. The topological polar surface area (TPSA) is 101 Å². The van der Waals surface area contributed by atoms with Gasteiger partial charge in [-0.3, -0.25) is 19.3 Å². The van der Waals surface area contributed by atoms with Crippen molar-refractivity contribution in [3.8, 4) is 5.69 Å². The second-order valence-corrected chi connectivity index (χ2v) is 10.4. The van der Waals surface area contributed by atoms with Crippen molar-refractivity contribution < 1.29 is 9.63 Å². The Labute approximate surface area is 226 Å². The maximum Gasteiger partial charge on any atom is 0.280 e. The minimum atomic E-state index is -0.620. The first-order chi connectivity index (χ1) is 19.0. The van der Waals surface area contributed by atoms with Gasteiger partial charge < -0.3 is 9.88 Å². The van der Waals surface area contributed by atoms with Crippen molar-refractivity contribution >= 4 is 28.6 Å². The fraction of sp³-hybridized carbons (Fsp3) is 0.333. The van der Waals surface area contributed by atoms with E-state index in [4.69, 9.17) is 9.82 Å². The minimum Gasteiger partial charge on any atom is -0.324 e. The molecule has 1 unspecified atom stereocenters. The van der Waals surface area contributed by atoms with Crippen LogP contribution >= 0.6 is 0 Å².